The summed E-state index contributed by atoms with van der Waals surface area (Å²) in [4.78, 5) is 13.4. The second-order valence-electron chi connectivity index (χ2n) is 3.94. The second kappa shape index (κ2) is 6.56. The van der Waals surface area contributed by atoms with Crippen LogP contribution in [-0.4, -0.2) is 59.2 Å². The van der Waals surface area contributed by atoms with Crippen molar-refractivity contribution >= 4 is 33.5 Å². The quantitative estimate of drug-likeness (QED) is 0.480. The molecule has 1 saturated heterocycles. The van der Waals surface area contributed by atoms with Gasteiger partial charge in [0.1, 0.15) is 17.2 Å². The summed E-state index contributed by atoms with van der Waals surface area (Å²) in [7, 11) is 0. The fourth-order valence-corrected chi connectivity index (χ4v) is 2.81. The standard InChI is InChI=1S/C11H17BrN4S/c1-17-11-8-10(13-9-14-11)16-6-4-15(3-2-12)5-7-16/h8-9H,2-7H2,1H3. The molecule has 0 aliphatic carbocycles. The topological polar surface area (TPSA) is 32.3 Å². The van der Waals surface area contributed by atoms with E-state index in [4.69, 9.17) is 0 Å². The minimum absolute atomic E-state index is 1.04. The third-order valence-electron chi connectivity index (χ3n) is 2.93. The number of hydrogen-bond donors (Lipinski definition) is 0. The van der Waals surface area contributed by atoms with Crippen molar-refractivity contribution in [1.82, 2.24) is 14.9 Å². The van der Waals surface area contributed by atoms with Crippen molar-refractivity contribution in [3.05, 3.63) is 12.4 Å². The second-order valence-corrected chi connectivity index (χ2v) is 5.56. The van der Waals surface area contributed by atoms with Gasteiger partial charge in [-0.2, -0.15) is 0 Å². The van der Waals surface area contributed by atoms with Gasteiger partial charge in [0.2, 0.25) is 0 Å². The summed E-state index contributed by atoms with van der Waals surface area (Å²) in [6, 6.07) is 2.07. The van der Waals surface area contributed by atoms with Crippen molar-refractivity contribution in [1.29, 1.82) is 0 Å². The van der Waals surface area contributed by atoms with Crippen LogP contribution in [0.15, 0.2) is 17.4 Å². The minimum Gasteiger partial charge on any atom is -0.354 e. The summed E-state index contributed by atoms with van der Waals surface area (Å²) in [5.41, 5.74) is 0. The van der Waals surface area contributed by atoms with Gasteiger partial charge in [-0.25, -0.2) is 9.97 Å². The number of anilines is 1. The van der Waals surface area contributed by atoms with Crippen LogP contribution < -0.4 is 4.90 Å². The third-order valence-corrected chi connectivity index (χ3v) is 3.93. The molecule has 1 fully saturated rings. The lowest BCUT2D eigenvalue weighted by Gasteiger charge is -2.35. The summed E-state index contributed by atoms with van der Waals surface area (Å²) in [5.74, 6) is 1.06. The van der Waals surface area contributed by atoms with Gasteiger partial charge in [-0.15, -0.1) is 11.8 Å². The molecule has 0 aromatic carbocycles. The molecular weight excluding hydrogens is 300 g/mol. The van der Waals surface area contributed by atoms with Gasteiger partial charge in [0.05, 0.1) is 0 Å². The molecule has 2 rings (SSSR count). The number of halogens is 1. The number of alkyl halides is 1. The Balaban J connectivity index is 1.95. The third kappa shape index (κ3) is 3.56. The van der Waals surface area contributed by atoms with E-state index in [9.17, 15) is 0 Å². The SMILES string of the molecule is CSc1cc(N2CCN(CCBr)CC2)ncn1. The first kappa shape index (κ1) is 13.1. The molecule has 0 N–H and O–H groups in total. The Kier molecular flexibility index (Phi) is 5.06. The Hall–Kier alpha value is -0.330. The Morgan fingerprint density at radius 1 is 1.29 bits per heavy atom. The molecule has 0 radical (unpaired) electrons. The van der Waals surface area contributed by atoms with Crippen molar-refractivity contribution in [3.8, 4) is 0 Å². The molecule has 0 unspecified atom stereocenters. The first-order chi connectivity index (χ1) is 8.33. The first-order valence-corrected chi connectivity index (χ1v) is 8.07. The van der Waals surface area contributed by atoms with Crippen LogP contribution in [0.25, 0.3) is 0 Å². The number of thioether (sulfide) groups is 1. The molecule has 2 heterocycles. The van der Waals surface area contributed by atoms with Crippen LogP contribution in [-0.2, 0) is 0 Å². The van der Waals surface area contributed by atoms with Gasteiger partial charge in [0.15, 0.2) is 0 Å². The molecule has 6 heteroatoms. The lowest BCUT2D eigenvalue weighted by molar-refractivity contribution is 0.273. The highest BCUT2D eigenvalue weighted by atomic mass is 79.9. The molecule has 0 spiro atoms. The highest BCUT2D eigenvalue weighted by Crippen LogP contribution is 2.18. The van der Waals surface area contributed by atoms with E-state index in [2.05, 4.69) is 41.8 Å². The maximum Gasteiger partial charge on any atom is 0.133 e. The first-order valence-electron chi connectivity index (χ1n) is 5.73. The van der Waals surface area contributed by atoms with Crippen molar-refractivity contribution in [2.45, 2.75) is 5.03 Å². The van der Waals surface area contributed by atoms with E-state index in [-0.39, 0.29) is 0 Å². The van der Waals surface area contributed by atoms with Crippen molar-refractivity contribution < 1.29 is 0 Å². The van der Waals surface area contributed by atoms with E-state index in [1.807, 2.05) is 6.26 Å². The summed E-state index contributed by atoms with van der Waals surface area (Å²) in [6.45, 7) is 5.47. The van der Waals surface area contributed by atoms with E-state index in [0.717, 1.165) is 48.9 Å². The zero-order chi connectivity index (χ0) is 12.1. The molecule has 1 aliphatic heterocycles. The van der Waals surface area contributed by atoms with E-state index in [0.29, 0.717) is 0 Å². The molecule has 0 bridgehead atoms. The smallest absolute Gasteiger partial charge is 0.133 e. The number of nitrogens with zero attached hydrogens (tertiary/aromatic N) is 4. The molecule has 17 heavy (non-hydrogen) atoms. The van der Waals surface area contributed by atoms with Crippen LogP contribution >= 0.6 is 27.7 Å². The molecular formula is C11H17BrN4S. The maximum absolute atomic E-state index is 4.36. The van der Waals surface area contributed by atoms with Gasteiger partial charge < -0.3 is 4.90 Å². The van der Waals surface area contributed by atoms with Gasteiger partial charge in [-0.05, 0) is 6.26 Å². The van der Waals surface area contributed by atoms with Gasteiger partial charge in [0.25, 0.3) is 0 Å². The lowest BCUT2D eigenvalue weighted by Crippen LogP contribution is -2.47. The maximum atomic E-state index is 4.36. The largest absolute Gasteiger partial charge is 0.354 e. The summed E-state index contributed by atoms with van der Waals surface area (Å²) in [6.07, 6.45) is 3.70. The Bertz CT molecular complexity index is 355. The van der Waals surface area contributed by atoms with Crippen LogP contribution in [0.4, 0.5) is 5.82 Å². The zero-order valence-corrected chi connectivity index (χ0v) is 12.4. The average molecular weight is 317 g/mol. The molecule has 1 aromatic heterocycles. The molecule has 0 amide bonds. The Morgan fingerprint density at radius 2 is 2.06 bits per heavy atom. The van der Waals surface area contributed by atoms with Crippen LogP contribution in [0.2, 0.25) is 0 Å². The van der Waals surface area contributed by atoms with Gasteiger partial charge in [-0.1, -0.05) is 15.9 Å². The lowest BCUT2D eigenvalue weighted by atomic mass is 10.3. The van der Waals surface area contributed by atoms with Crippen LogP contribution in [0, 0.1) is 0 Å². The Labute approximate surface area is 115 Å². The van der Waals surface area contributed by atoms with Crippen molar-refractivity contribution in [3.63, 3.8) is 0 Å². The predicted octanol–water partition coefficient (Wildman–Crippen LogP) is 1.72. The van der Waals surface area contributed by atoms with Gasteiger partial charge in [0, 0.05) is 44.1 Å². The fourth-order valence-electron chi connectivity index (χ4n) is 1.93. The molecule has 0 atom stereocenters. The fraction of sp³-hybridized carbons (Fsp3) is 0.636. The zero-order valence-electron chi connectivity index (χ0n) is 9.97. The Morgan fingerprint density at radius 3 is 2.71 bits per heavy atom. The molecule has 0 saturated carbocycles. The van der Waals surface area contributed by atoms with Crippen molar-refractivity contribution in [2.24, 2.45) is 0 Å². The van der Waals surface area contributed by atoms with E-state index in [1.165, 1.54) is 0 Å². The summed E-state index contributed by atoms with van der Waals surface area (Å²) in [5, 5.41) is 2.09. The summed E-state index contributed by atoms with van der Waals surface area (Å²) < 4.78 is 0. The molecule has 1 aromatic rings. The van der Waals surface area contributed by atoms with E-state index < -0.39 is 0 Å². The van der Waals surface area contributed by atoms with Gasteiger partial charge >= 0.3 is 0 Å². The molecule has 4 nitrogen and oxygen atoms in total. The van der Waals surface area contributed by atoms with Crippen molar-refractivity contribution in [2.75, 3.05) is 49.2 Å². The number of aromatic nitrogens is 2. The number of piperazine rings is 1. The predicted molar refractivity (Wildman–Crippen MR) is 76.3 cm³/mol. The highest BCUT2D eigenvalue weighted by molar-refractivity contribution is 9.09. The van der Waals surface area contributed by atoms with Crippen LogP contribution in [0.5, 0.6) is 0 Å². The number of hydrogen-bond acceptors (Lipinski definition) is 5. The molecule has 94 valence electrons. The average Bonchev–Trinajstić information content (AvgIpc) is 2.40. The van der Waals surface area contributed by atoms with E-state index in [1.54, 1.807) is 18.1 Å². The normalized spacial score (nSPS) is 17.4. The minimum atomic E-state index is 1.04. The number of rotatable bonds is 4. The van der Waals surface area contributed by atoms with Crippen LogP contribution in [0.3, 0.4) is 0 Å². The highest BCUT2D eigenvalue weighted by Gasteiger charge is 2.17. The van der Waals surface area contributed by atoms with E-state index >= 15 is 0 Å². The van der Waals surface area contributed by atoms with Gasteiger partial charge in [-0.3, -0.25) is 4.90 Å². The summed E-state index contributed by atoms with van der Waals surface area (Å²) >= 11 is 5.15. The van der Waals surface area contributed by atoms with Crippen LogP contribution in [0.1, 0.15) is 0 Å². The molecule has 1 aliphatic rings. The monoisotopic (exact) mass is 316 g/mol.